The highest BCUT2D eigenvalue weighted by Crippen LogP contribution is 2.21. The fourth-order valence-electron chi connectivity index (χ4n) is 1.64. The molecule has 1 aromatic carbocycles. The molecular formula is C12H11N3O4. The van der Waals surface area contributed by atoms with E-state index < -0.39 is 4.92 Å². The Labute approximate surface area is 107 Å². The second-order valence-electron chi connectivity index (χ2n) is 3.81. The van der Waals surface area contributed by atoms with Crippen molar-refractivity contribution in [2.75, 3.05) is 6.61 Å². The van der Waals surface area contributed by atoms with Crippen molar-refractivity contribution in [3.63, 3.8) is 0 Å². The average molecular weight is 261 g/mol. The molecule has 0 unspecified atom stereocenters. The first-order valence-electron chi connectivity index (χ1n) is 5.55. The van der Waals surface area contributed by atoms with Gasteiger partial charge in [0.2, 0.25) is 0 Å². The highest BCUT2D eigenvalue weighted by molar-refractivity contribution is 5.61. The Kier molecular flexibility index (Phi) is 3.67. The van der Waals surface area contributed by atoms with E-state index in [0.29, 0.717) is 11.3 Å². The van der Waals surface area contributed by atoms with Crippen LogP contribution in [0.5, 0.6) is 0 Å². The summed E-state index contributed by atoms with van der Waals surface area (Å²) < 4.78 is 1.12. The number of nitrogens with zero attached hydrogens (tertiary/aromatic N) is 3. The minimum Gasteiger partial charge on any atom is -0.394 e. The summed E-state index contributed by atoms with van der Waals surface area (Å²) >= 11 is 0. The quantitative estimate of drug-likeness (QED) is 0.648. The van der Waals surface area contributed by atoms with Crippen molar-refractivity contribution in [1.29, 1.82) is 0 Å². The maximum absolute atomic E-state index is 11.4. The highest BCUT2D eigenvalue weighted by atomic mass is 16.6. The largest absolute Gasteiger partial charge is 0.394 e. The number of nitro groups is 1. The van der Waals surface area contributed by atoms with Crippen molar-refractivity contribution >= 4 is 5.69 Å². The van der Waals surface area contributed by atoms with Gasteiger partial charge in [-0.3, -0.25) is 14.9 Å². The Hall–Kier alpha value is -2.54. The lowest BCUT2D eigenvalue weighted by Gasteiger charge is -2.05. The van der Waals surface area contributed by atoms with Crippen LogP contribution >= 0.6 is 0 Å². The van der Waals surface area contributed by atoms with Crippen LogP contribution in [0.4, 0.5) is 5.69 Å². The van der Waals surface area contributed by atoms with Crippen LogP contribution in [0.25, 0.3) is 11.3 Å². The maximum atomic E-state index is 11.4. The number of benzene rings is 1. The minimum absolute atomic E-state index is 0.0424. The predicted octanol–water partition coefficient (Wildman–Crippen LogP) is 0.811. The predicted molar refractivity (Wildman–Crippen MR) is 67.7 cm³/mol. The summed E-state index contributed by atoms with van der Waals surface area (Å²) in [5, 5.41) is 23.6. The normalized spacial score (nSPS) is 10.4. The molecule has 7 heteroatoms. The zero-order valence-corrected chi connectivity index (χ0v) is 9.89. The summed E-state index contributed by atoms with van der Waals surface area (Å²) in [5.41, 5.74) is 0.611. The van der Waals surface area contributed by atoms with Gasteiger partial charge in [-0.15, -0.1) is 0 Å². The molecule has 1 N–H and O–H groups in total. The van der Waals surface area contributed by atoms with Gasteiger partial charge in [0, 0.05) is 23.8 Å². The van der Waals surface area contributed by atoms with Crippen molar-refractivity contribution in [1.82, 2.24) is 9.78 Å². The molecule has 0 saturated heterocycles. The van der Waals surface area contributed by atoms with E-state index in [9.17, 15) is 14.9 Å². The Morgan fingerprint density at radius 2 is 2.11 bits per heavy atom. The van der Waals surface area contributed by atoms with E-state index in [0.717, 1.165) is 4.68 Å². The van der Waals surface area contributed by atoms with Gasteiger partial charge < -0.3 is 5.11 Å². The SMILES string of the molecule is O=c1ccc(-c2cccc([N+](=O)[O-])c2)nn1CCO. The zero-order valence-electron chi connectivity index (χ0n) is 9.89. The van der Waals surface area contributed by atoms with Crippen molar-refractivity contribution in [3.8, 4) is 11.3 Å². The van der Waals surface area contributed by atoms with Gasteiger partial charge in [-0.2, -0.15) is 5.10 Å². The summed E-state index contributed by atoms with van der Waals surface area (Å²) in [4.78, 5) is 21.7. The van der Waals surface area contributed by atoms with Crippen LogP contribution in [0.1, 0.15) is 0 Å². The van der Waals surface area contributed by atoms with Gasteiger partial charge in [-0.25, -0.2) is 4.68 Å². The van der Waals surface area contributed by atoms with E-state index in [-0.39, 0.29) is 24.4 Å². The minimum atomic E-state index is -0.493. The molecule has 98 valence electrons. The smallest absolute Gasteiger partial charge is 0.270 e. The summed E-state index contributed by atoms with van der Waals surface area (Å²) in [6, 6.07) is 8.80. The van der Waals surface area contributed by atoms with E-state index >= 15 is 0 Å². The van der Waals surface area contributed by atoms with Crippen LogP contribution < -0.4 is 5.56 Å². The van der Waals surface area contributed by atoms with Crippen molar-refractivity contribution in [2.45, 2.75) is 6.54 Å². The van der Waals surface area contributed by atoms with Gasteiger partial charge >= 0.3 is 0 Å². The number of aliphatic hydroxyl groups excluding tert-OH is 1. The Morgan fingerprint density at radius 1 is 1.32 bits per heavy atom. The van der Waals surface area contributed by atoms with E-state index in [1.807, 2.05) is 0 Å². The number of rotatable bonds is 4. The first-order chi connectivity index (χ1) is 9.11. The van der Waals surface area contributed by atoms with Gasteiger partial charge in [-0.05, 0) is 6.07 Å². The van der Waals surface area contributed by atoms with Crippen molar-refractivity contribution < 1.29 is 10.0 Å². The lowest BCUT2D eigenvalue weighted by molar-refractivity contribution is -0.384. The van der Waals surface area contributed by atoms with E-state index in [4.69, 9.17) is 5.11 Å². The van der Waals surface area contributed by atoms with Crippen molar-refractivity contribution in [2.24, 2.45) is 0 Å². The summed E-state index contributed by atoms with van der Waals surface area (Å²) in [6.45, 7) is -0.118. The standard InChI is InChI=1S/C12H11N3O4/c16-7-6-14-12(17)5-4-11(13-14)9-2-1-3-10(8-9)15(18)19/h1-5,8,16H,6-7H2. The fourth-order valence-corrected chi connectivity index (χ4v) is 1.64. The summed E-state index contributed by atoms with van der Waals surface area (Å²) in [5.74, 6) is 0. The number of aliphatic hydroxyl groups is 1. The first-order valence-corrected chi connectivity index (χ1v) is 5.55. The lowest BCUT2D eigenvalue weighted by Crippen LogP contribution is -2.23. The molecule has 0 saturated carbocycles. The molecule has 7 nitrogen and oxygen atoms in total. The van der Waals surface area contributed by atoms with Gasteiger partial charge in [-0.1, -0.05) is 12.1 Å². The molecule has 0 aliphatic rings. The zero-order chi connectivity index (χ0) is 13.8. The molecule has 0 aliphatic carbocycles. The molecule has 0 atom stereocenters. The summed E-state index contributed by atoms with van der Waals surface area (Å²) in [7, 11) is 0. The number of non-ortho nitro benzene ring substituents is 1. The van der Waals surface area contributed by atoms with E-state index in [2.05, 4.69) is 5.10 Å². The van der Waals surface area contributed by atoms with Crippen LogP contribution in [0, 0.1) is 10.1 Å². The molecule has 0 aliphatic heterocycles. The molecular weight excluding hydrogens is 250 g/mol. The van der Waals surface area contributed by atoms with Crippen LogP contribution in [0.3, 0.4) is 0 Å². The third-order valence-corrected chi connectivity index (χ3v) is 2.53. The number of aromatic nitrogens is 2. The Balaban J connectivity index is 2.47. The molecule has 0 amide bonds. The van der Waals surface area contributed by atoms with Crippen LogP contribution in [0.15, 0.2) is 41.2 Å². The molecule has 0 bridgehead atoms. The summed E-state index contributed by atoms with van der Waals surface area (Å²) in [6.07, 6.45) is 0. The van der Waals surface area contributed by atoms with Crippen LogP contribution in [-0.4, -0.2) is 26.4 Å². The Bertz CT molecular complexity index is 666. The topological polar surface area (TPSA) is 98.3 Å². The highest BCUT2D eigenvalue weighted by Gasteiger charge is 2.09. The third-order valence-electron chi connectivity index (χ3n) is 2.53. The molecule has 2 rings (SSSR count). The number of hydrogen-bond donors (Lipinski definition) is 1. The fraction of sp³-hybridized carbons (Fsp3) is 0.167. The molecule has 0 fully saturated rings. The van der Waals surface area contributed by atoms with Gasteiger partial charge in [0.15, 0.2) is 0 Å². The number of nitro benzene ring substituents is 1. The van der Waals surface area contributed by atoms with Gasteiger partial charge in [0.1, 0.15) is 0 Å². The van der Waals surface area contributed by atoms with Crippen LogP contribution in [-0.2, 0) is 6.54 Å². The van der Waals surface area contributed by atoms with Gasteiger partial charge in [0.25, 0.3) is 11.2 Å². The average Bonchev–Trinajstić information content (AvgIpc) is 2.41. The lowest BCUT2D eigenvalue weighted by atomic mass is 10.1. The van der Waals surface area contributed by atoms with Crippen LogP contribution in [0.2, 0.25) is 0 Å². The van der Waals surface area contributed by atoms with E-state index in [1.54, 1.807) is 12.1 Å². The molecule has 0 radical (unpaired) electrons. The molecule has 1 heterocycles. The van der Waals surface area contributed by atoms with E-state index in [1.165, 1.54) is 24.3 Å². The Morgan fingerprint density at radius 3 is 2.79 bits per heavy atom. The molecule has 1 aromatic heterocycles. The second-order valence-corrected chi connectivity index (χ2v) is 3.81. The third kappa shape index (κ3) is 2.83. The monoisotopic (exact) mass is 261 g/mol. The first kappa shape index (κ1) is 12.9. The molecule has 0 spiro atoms. The number of hydrogen-bond acceptors (Lipinski definition) is 5. The molecule has 2 aromatic rings. The maximum Gasteiger partial charge on any atom is 0.270 e. The second kappa shape index (κ2) is 5.40. The van der Waals surface area contributed by atoms with Crippen molar-refractivity contribution in [3.05, 3.63) is 56.9 Å². The molecule has 19 heavy (non-hydrogen) atoms. The van der Waals surface area contributed by atoms with Gasteiger partial charge in [0.05, 0.1) is 23.8 Å².